The van der Waals surface area contributed by atoms with E-state index in [0.717, 1.165) is 23.8 Å². The fourth-order valence-electron chi connectivity index (χ4n) is 4.32. The molecule has 1 N–H and O–H groups in total. The van der Waals surface area contributed by atoms with E-state index in [0.29, 0.717) is 12.3 Å². The lowest BCUT2D eigenvalue weighted by molar-refractivity contribution is -0.00775. The molecule has 4 rings (SSSR count). The van der Waals surface area contributed by atoms with E-state index in [1.54, 1.807) is 0 Å². The van der Waals surface area contributed by atoms with Crippen LogP contribution >= 0.6 is 11.6 Å². The van der Waals surface area contributed by atoms with Gasteiger partial charge in [0.05, 0.1) is 17.8 Å². The Kier molecular flexibility index (Phi) is 6.34. The number of aromatic nitrogens is 3. The van der Waals surface area contributed by atoms with Gasteiger partial charge in [-0.3, -0.25) is 4.90 Å². The summed E-state index contributed by atoms with van der Waals surface area (Å²) < 4.78 is 1.91. The third kappa shape index (κ3) is 4.58. The van der Waals surface area contributed by atoms with Crippen LogP contribution in [-0.4, -0.2) is 44.2 Å². The average molecular weight is 403 g/mol. The Labute approximate surface area is 172 Å². The van der Waals surface area contributed by atoms with Crippen molar-refractivity contribution in [2.45, 2.75) is 76.0 Å². The predicted molar refractivity (Wildman–Crippen MR) is 112 cm³/mol. The molecule has 5 nitrogen and oxygen atoms in total. The highest BCUT2D eigenvalue weighted by Gasteiger charge is 2.37. The van der Waals surface area contributed by atoms with E-state index in [9.17, 15) is 5.11 Å². The topological polar surface area (TPSA) is 54.2 Å². The molecule has 1 aromatic heterocycles. The minimum absolute atomic E-state index is 0.0327. The van der Waals surface area contributed by atoms with Crippen LogP contribution in [0.1, 0.15) is 81.1 Å². The molecule has 2 aromatic rings. The molecule has 2 aliphatic rings. The van der Waals surface area contributed by atoms with E-state index in [2.05, 4.69) is 40.5 Å². The molecule has 1 aliphatic heterocycles. The number of piperidine rings is 1. The highest BCUT2D eigenvalue weighted by Crippen LogP contribution is 2.40. The first-order valence-corrected chi connectivity index (χ1v) is 11.1. The van der Waals surface area contributed by atoms with Crippen molar-refractivity contribution in [2.75, 3.05) is 13.1 Å². The van der Waals surface area contributed by atoms with Crippen LogP contribution in [0, 0.1) is 0 Å². The molecule has 0 spiro atoms. The van der Waals surface area contributed by atoms with E-state index in [1.807, 2.05) is 16.8 Å². The number of rotatable bonds is 8. The molecule has 6 heteroatoms. The lowest BCUT2D eigenvalue weighted by Crippen LogP contribution is -2.46. The normalized spacial score (nSPS) is 25.9. The van der Waals surface area contributed by atoms with Crippen LogP contribution in [0.3, 0.4) is 0 Å². The highest BCUT2D eigenvalue weighted by atomic mass is 35.5. The Morgan fingerprint density at radius 1 is 1.14 bits per heavy atom. The van der Waals surface area contributed by atoms with Gasteiger partial charge < -0.3 is 5.11 Å². The number of aliphatic hydroxyl groups is 1. The Balaban J connectivity index is 1.51. The van der Waals surface area contributed by atoms with Crippen LogP contribution in [0.5, 0.6) is 0 Å². The lowest BCUT2D eigenvalue weighted by atomic mass is 9.90. The average Bonchev–Trinajstić information content (AvgIpc) is 3.44. The summed E-state index contributed by atoms with van der Waals surface area (Å²) >= 11 is 6.09. The number of halogens is 1. The van der Waals surface area contributed by atoms with E-state index < -0.39 is 6.10 Å². The first-order chi connectivity index (χ1) is 13.7. The molecular weight excluding hydrogens is 372 g/mol. The molecule has 0 radical (unpaired) electrons. The first-order valence-electron chi connectivity index (χ1n) is 10.7. The van der Waals surface area contributed by atoms with Gasteiger partial charge in [0, 0.05) is 29.7 Å². The van der Waals surface area contributed by atoms with Crippen molar-refractivity contribution in [3.8, 4) is 0 Å². The highest BCUT2D eigenvalue weighted by molar-refractivity contribution is 6.30. The Hall–Kier alpha value is -1.43. The molecule has 1 saturated carbocycles. The molecule has 152 valence electrons. The maximum Gasteiger partial charge on any atom is 0.0923 e. The van der Waals surface area contributed by atoms with Gasteiger partial charge in [-0.25, -0.2) is 4.68 Å². The number of nitrogens with zero attached hydrogens (tertiary/aromatic N) is 4. The van der Waals surface area contributed by atoms with Gasteiger partial charge in [-0.05, 0) is 49.9 Å². The molecule has 3 atom stereocenters. The minimum Gasteiger partial charge on any atom is -0.391 e. The van der Waals surface area contributed by atoms with Gasteiger partial charge in [-0.15, -0.1) is 5.10 Å². The molecule has 1 aromatic carbocycles. The Bertz CT molecular complexity index is 758. The molecule has 0 amide bonds. The SMILES string of the molecule is CCCCCCN1C[C@@H](n2cc(C3CC3)nn2)[C@H](O)C[C@@H]1c1ccc(Cl)cc1. The summed E-state index contributed by atoms with van der Waals surface area (Å²) in [4.78, 5) is 2.52. The second-order valence-corrected chi connectivity index (χ2v) is 8.83. The van der Waals surface area contributed by atoms with Crippen molar-refractivity contribution in [3.63, 3.8) is 0 Å². The zero-order valence-electron chi connectivity index (χ0n) is 16.7. The van der Waals surface area contributed by atoms with Crippen molar-refractivity contribution in [1.82, 2.24) is 19.9 Å². The van der Waals surface area contributed by atoms with Gasteiger partial charge in [-0.2, -0.15) is 0 Å². The fourth-order valence-corrected chi connectivity index (χ4v) is 4.45. The van der Waals surface area contributed by atoms with Gasteiger partial charge in [0.2, 0.25) is 0 Å². The van der Waals surface area contributed by atoms with Crippen LogP contribution in [0.25, 0.3) is 0 Å². The Morgan fingerprint density at radius 3 is 2.64 bits per heavy atom. The van der Waals surface area contributed by atoms with Gasteiger partial charge in [-0.1, -0.05) is 55.1 Å². The molecule has 2 heterocycles. The zero-order chi connectivity index (χ0) is 19.5. The lowest BCUT2D eigenvalue weighted by Gasteiger charge is -2.42. The second kappa shape index (κ2) is 8.93. The summed E-state index contributed by atoms with van der Waals surface area (Å²) in [6.45, 7) is 4.08. The van der Waals surface area contributed by atoms with Crippen LogP contribution in [0.2, 0.25) is 5.02 Å². The number of hydrogen-bond donors (Lipinski definition) is 1. The predicted octanol–water partition coefficient (Wildman–Crippen LogP) is 4.74. The van der Waals surface area contributed by atoms with E-state index in [1.165, 1.54) is 44.1 Å². The molecule has 0 unspecified atom stereocenters. The maximum atomic E-state index is 11.0. The maximum absolute atomic E-state index is 11.0. The number of benzene rings is 1. The number of likely N-dealkylation sites (tertiary alicyclic amines) is 1. The van der Waals surface area contributed by atoms with Crippen molar-refractivity contribution in [1.29, 1.82) is 0 Å². The quantitative estimate of drug-likeness (QED) is 0.648. The third-order valence-corrected chi connectivity index (χ3v) is 6.44. The molecule has 2 fully saturated rings. The minimum atomic E-state index is -0.429. The summed E-state index contributed by atoms with van der Waals surface area (Å²) in [7, 11) is 0. The molecule has 0 bridgehead atoms. The van der Waals surface area contributed by atoms with Gasteiger partial charge in [0.25, 0.3) is 0 Å². The van der Waals surface area contributed by atoms with Crippen LogP contribution < -0.4 is 0 Å². The van der Waals surface area contributed by atoms with Crippen molar-refractivity contribution >= 4 is 11.6 Å². The smallest absolute Gasteiger partial charge is 0.0923 e. The molecule has 1 aliphatic carbocycles. The van der Waals surface area contributed by atoms with Crippen molar-refractivity contribution in [2.24, 2.45) is 0 Å². The third-order valence-electron chi connectivity index (χ3n) is 6.19. The van der Waals surface area contributed by atoms with E-state index in [4.69, 9.17) is 11.6 Å². The van der Waals surface area contributed by atoms with Crippen LogP contribution in [-0.2, 0) is 0 Å². The van der Waals surface area contributed by atoms with Gasteiger partial charge >= 0.3 is 0 Å². The zero-order valence-corrected chi connectivity index (χ0v) is 17.4. The molecule has 1 saturated heterocycles. The van der Waals surface area contributed by atoms with Crippen molar-refractivity contribution in [3.05, 3.63) is 46.7 Å². The number of hydrogen-bond acceptors (Lipinski definition) is 4. The molecule has 28 heavy (non-hydrogen) atoms. The monoisotopic (exact) mass is 402 g/mol. The van der Waals surface area contributed by atoms with E-state index >= 15 is 0 Å². The summed E-state index contributed by atoms with van der Waals surface area (Å²) in [6.07, 6.45) is 9.73. The van der Waals surface area contributed by atoms with Gasteiger partial charge in [0.1, 0.15) is 0 Å². The number of unbranched alkanes of at least 4 members (excludes halogenated alkanes) is 3. The largest absolute Gasteiger partial charge is 0.391 e. The second-order valence-electron chi connectivity index (χ2n) is 8.39. The van der Waals surface area contributed by atoms with Crippen LogP contribution in [0.15, 0.2) is 30.5 Å². The molecular formula is C22H31ClN4O. The standard InChI is InChI=1S/C22H31ClN4O/c1-2-3-4-5-12-26-15-21(27-14-19(24-25-27)16-6-7-16)22(28)13-20(26)17-8-10-18(23)11-9-17/h8-11,14,16,20-22,28H,2-7,12-13,15H2,1H3/t20-,21-,22-/m1/s1. The van der Waals surface area contributed by atoms with Crippen molar-refractivity contribution < 1.29 is 5.11 Å². The summed E-state index contributed by atoms with van der Waals surface area (Å²) in [5, 5.41) is 20.4. The fraction of sp³-hybridized carbons (Fsp3) is 0.636. The summed E-state index contributed by atoms with van der Waals surface area (Å²) in [6, 6.07) is 8.28. The number of aliphatic hydroxyl groups excluding tert-OH is 1. The first kappa shape index (κ1) is 19.9. The van der Waals surface area contributed by atoms with Crippen LogP contribution in [0.4, 0.5) is 0 Å². The summed E-state index contributed by atoms with van der Waals surface area (Å²) in [5.41, 5.74) is 2.32. The van der Waals surface area contributed by atoms with E-state index in [-0.39, 0.29) is 12.1 Å². The van der Waals surface area contributed by atoms with Gasteiger partial charge in [0.15, 0.2) is 0 Å². The Morgan fingerprint density at radius 2 is 1.93 bits per heavy atom. The summed E-state index contributed by atoms with van der Waals surface area (Å²) in [5.74, 6) is 0.585.